The van der Waals surface area contributed by atoms with E-state index in [2.05, 4.69) is 34.9 Å². The predicted octanol–water partition coefficient (Wildman–Crippen LogP) is 10.9. The van der Waals surface area contributed by atoms with E-state index in [9.17, 15) is 9.59 Å². The quantitative estimate of drug-likeness (QED) is 0.0657. The number of pyridine rings is 4. The van der Waals surface area contributed by atoms with E-state index in [0.717, 1.165) is 22.5 Å². The van der Waals surface area contributed by atoms with Gasteiger partial charge in [-0.1, -0.05) is 34.8 Å². The number of benzene rings is 2. The molecule has 3 N–H and O–H groups in total. The molecule has 15 heteroatoms. The first-order valence-corrected chi connectivity index (χ1v) is 18.6. The number of carbonyl (C=O) groups is 2. The Balaban J connectivity index is 0.000000210. The van der Waals surface area contributed by atoms with Crippen LogP contribution in [0.2, 0.25) is 15.3 Å². The number of nitrogens with two attached hydrogens (primary N) is 1. The van der Waals surface area contributed by atoms with Crippen LogP contribution in [0.3, 0.4) is 0 Å². The average Bonchev–Trinajstić information content (AvgIpc) is 3.19. The second-order valence-corrected chi connectivity index (χ2v) is 14.3. The van der Waals surface area contributed by atoms with Gasteiger partial charge in [0, 0.05) is 62.6 Å². The summed E-state index contributed by atoms with van der Waals surface area (Å²) in [6, 6.07) is 21.6. The van der Waals surface area contributed by atoms with Gasteiger partial charge in [-0.2, -0.15) is 0 Å². The van der Waals surface area contributed by atoms with Crippen LogP contribution in [-0.2, 0) is 20.6 Å². The first-order chi connectivity index (χ1) is 27.0. The van der Waals surface area contributed by atoms with E-state index in [4.69, 9.17) is 63.2 Å². The topological polar surface area (TPSA) is 151 Å². The number of nitrogens with zero attached hydrogens (tertiary/aromatic N) is 6. The van der Waals surface area contributed by atoms with E-state index in [1.165, 1.54) is 12.4 Å². The summed E-state index contributed by atoms with van der Waals surface area (Å²) in [6.07, 6.45) is 2.84. The SMILES string of the molecule is CCOC(=O)c1cnc2ccc(Cl)nc2c1Cl.[C-]#[N+]C(C)(C)c1ccc(N)cc1.[C-]#[N+]C(C)(C)c1ccc(Nc2c(C(=O)OCC)cnc3ccc(Cl)nc23)cc1. The zero-order chi connectivity index (χ0) is 41.9. The number of halogens is 3. The third kappa shape index (κ3) is 11.0. The third-order valence-corrected chi connectivity index (χ3v) is 9.13. The van der Waals surface area contributed by atoms with Crippen molar-refractivity contribution in [1.29, 1.82) is 0 Å². The largest absolute Gasteiger partial charge is 0.462 e. The maximum atomic E-state index is 12.4. The van der Waals surface area contributed by atoms with Gasteiger partial charge >= 0.3 is 11.9 Å². The molecule has 0 aliphatic rings. The number of rotatable bonds is 8. The van der Waals surface area contributed by atoms with Gasteiger partial charge in [0.2, 0.25) is 0 Å². The van der Waals surface area contributed by atoms with Gasteiger partial charge in [0.25, 0.3) is 11.1 Å². The maximum absolute atomic E-state index is 12.4. The Morgan fingerprint density at radius 1 is 0.684 bits per heavy atom. The highest BCUT2D eigenvalue weighted by Gasteiger charge is 2.26. The molecule has 292 valence electrons. The molecule has 0 saturated carbocycles. The van der Waals surface area contributed by atoms with Gasteiger partial charge in [0.05, 0.1) is 40.5 Å². The van der Waals surface area contributed by atoms with Crippen molar-refractivity contribution in [2.45, 2.75) is 52.6 Å². The lowest BCUT2D eigenvalue weighted by molar-refractivity contribution is 0.0517. The summed E-state index contributed by atoms with van der Waals surface area (Å²) >= 11 is 17.9. The molecular formula is C42H39Cl3N8O4. The van der Waals surface area contributed by atoms with Gasteiger partial charge in [-0.15, -0.1) is 0 Å². The summed E-state index contributed by atoms with van der Waals surface area (Å²) in [5, 5.41) is 4.04. The number of ether oxygens (including phenoxy) is 2. The van der Waals surface area contributed by atoms with Crippen molar-refractivity contribution >= 4 is 85.9 Å². The van der Waals surface area contributed by atoms with Crippen molar-refractivity contribution in [3.63, 3.8) is 0 Å². The molecule has 0 bridgehead atoms. The second kappa shape index (κ2) is 19.2. The van der Waals surface area contributed by atoms with E-state index in [0.29, 0.717) is 38.1 Å². The van der Waals surface area contributed by atoms with Crippen LogP contribution in [0.4, 0.5) is 17.1 Å². The monoisotopic (exact) mass is 824 g/mol. The molecule has 12 nitrogen and oxygen atoms in total. The number of nitrogen functional groups attached to an aromatic ring is 1. The molecule has 6 rings (SSSR count). The number of fused-ring (bicyclic) bond motifs is 2. The number of hydrogen-bond donors (Lipinski definition) is 2. The molecular weight excluding hydrogens is 787 g/mol. The van der Waals surface area contributed by atoms with Crippen molar-refractivity contribution in [2.75, 3.05) is 24.3 Å². The van der Waals surface area contributed by atoms with Gasteiger partial charge in [0.1, 0.15) is 26.9 Å². The molecule has 0 unspecified atom stereocenters. The zero-order valence-electron chi connectivity index (χ0n) is 32.0. The number of anilines is 3. The molecule has 4 aromatic heterocycles. The Morgan fingerprint density at radius 2 is 1.12 bits per heavy atom. The smallest absolute Gasteiger partial charge is 0.341 e. The number of carbonyl (C=O) groups excluding carboxylic acids is 2. The molecule has 4 heterocycles. The third-order valence-electron chi connectivity index (χ3n) is 8.32. The van der Waals surface area contributed by atoms with Gasteiger partial charge in [0.15, 0.2) is 0 Å². The first kappa shape index (κ1) is 43.7. The normalized spacial score (nSPS) is 10.9. The van der Waals surface area contributed by atoms with Crippen LogP contribution in [0.25, 0.3) is 31.8 Å². The summed E-state index contributed by atoms with van der Waals surface area (Å²) in [4.78, 5) is 47.9. The summed E-state index contributed by atoms with van der Waals surface area (Å²) in [5.74, 6) is -1.01. The van der Waals surface area contributed by atoms with Crippen LogP contribution in [-0.4, -0.2) is 45.1 Å². The molecule has 0 amide bonds. The van der Waals surface area contributed by atoms with E-state index < -0.39 is 23.0 Å². The minimum atomic E-state index is -0.604. The minimum Gasteiger partial charge on any atom is -0.462 e. The summed E-state index contributed by atoms with van der Waals surface area (Å²) < 4.78 is 10.0. The van der Waals surface area contributed by atoms with Crippen molar-refractivity contribution in [2.24, 2.45) is 0 Å². The molecule has 0 spiro atoms. The molecule has 6 aromatic rings. The lowest BCUT2D eigenvalue weighted by Crippen LogP contribution is -2.11. The summed E-state index contributed by atoms with van der Waals surface area (Å²) in [5.41, 5.74) is 10.9. The lowest BCUT2D eigenvalue weighted by atomic mass is 9.95. The molecule has 2 aromatic carbocycles. The summed E-state index contributed by atoms with van der Waals surface area (Å²) in [7, 11) is 0. The average molecular weight is 826 g/mol. The highest BCUT2D eigenvalue weighted by molar-refractivity contribution is 6.38. The Kier molecular flexibility index (Phi) is 14.7. The van der Waals surface area contributed by atoms with Crippen LogP contribution in [0.1, 0.15) is 73.4 Å². The van der Waals surface area contributed by atoms with Crippen molar-refractivity contribution in [3.05, 3.63) is 146 Å². The van der Waals surface area contributed by atoms with E-state index in [-0.39, 0.29) is 29.4 Å². The fourth-order valence-electron chi connectivity index (χ4n) is 5.02. The van der Waals surface area contributed by atoms with Gasteiger partial charge in [-0.05, 0) is 86.6 Å². The first-order valence-electron chi connectivity index (χ1n) is 17.5. The Labute approximate surface area is 346 Å². The molecule has 0 aliphatic carbocycles. The fraction of sp³-hybridized carbons (Fsp3) is 0.238. The number of hydrogen-bond acceptors (Lipinski definition) is 10. The molecule has 0 atom stereocenters. The lowest BCUT2D eigenvalue weighted by Gasteiger charge is -2.15. The zero-order valence-corrected chi connectivity index (χ0v) is 34.3. The van der Waals surface area contributed by atoms with Gasteiger partial charge < -0.3 is 30.2 Å². The van der Waals surface area contributed by atoms with Crippen molar-refractivity contribution in [1.82, 2.24) is 19.9 Å². The van der Waals surface area contributed by atoms with Crippen LogP contribution in [0.15, 0.2) is 85.2 Å². The summed E-state index contributed by atoms with van der Waals surface area (Å²) in [6.45, 7) is 25.8. The highest BCUT2D eigenvalue weighted by Crippen LogP contribution is 2.32. The van der Waals surface area contributed by atoms with E-state index in [1.54, 1.807) is 38.1 Å². The van der Waals surface area contributed by atoms with Gasteiger partial charge in [-0.3, -0.25) is 9.97 Å². The van der Waals surface area contributed by atoms with Gasteiger partial charge in [-0.25, -0.2) is 32.7 Å². The van der Waals surface area contributed by atoms with Crippen molar-refractivity contribution < 1.29 is 19.1 Å². The Bertz CT molecular complexity index is 2480. The molecule has 57 heavy (non-hydrogen) atoms. The maximum Gasteiger partial charge on any atom is 0.341 e. The molecule has 0 saturated heterocycles. The molecule has 0 radical (unpaired) electrons. The number of aromatic nitrogens is 4. The standard InChI is InChI=1S/C21H19ClN4O2.C11H8Cl2N2O2.C10H12N2/c1-5-28-20(27)15-12-24-16-10-11-17(22)26-19(16)18(15)25-14-8-6-13(7-9-14)21(2,3)23-4;1-2-17-11(16)6-5-14-7-3-4-8(12)15-10(7)9(6)13;1-10(2,12-3)8-4-6-9(11)7-5-8/h6-12H,5H2,1-3H3,(H,24,25);3-5H,2H2,1H3;4-7H,11H2,1-2H3. The Hall–Kier alpha value is -6.05. The number of esters is 2. The van der Waals surface area contributed by atoms with Crippen LogP contribution >= 0.6 is 34.8 Å². The van der Waals surface area contributed by atoms with Crippen LogP contribution in [0.5, 0.6) is 0 Å². The highest BCUT2D eigenvalue weighted by atomic mass is 35.5. The second-order valence-electron chi connectivity index (χ2n) is 13.1. The van der Waals surface area contributed by atoms with Crippen molar-refractivity contribution in [3.8, 4) is 0 Å². The fourth-order valence-corrected chi connectivity index (χ4v) is 5.58. The van der Waals surface area contributed by atoms with E-state index >= 15 is 0 Å². The van der Waals surface area contributed by atoms with Crippen LogP contribution in [0, 0.1) is 13.1 Å². The molecule has 0 aliphatic heterocycles. The number of nitrogens with one attached hydrogen (secondary N) is 1. The van der Waals surface area contributed by atoms with Crippen LogP contribution < -0.4 is 11.1 Å². The Morgan fingerprint density at radius 3 is 1.61 bits per heavy atom. The minimum absolute atomic E-state index is 0.191. The predicted molar refractivity (Wildman–Crippen MR) is 226 cm³/mol. The van der Waals surface area contributed by atoms with E-state index in [1.807, 2.05) is 76.2 Å². The molecule has 0 fully saturated rings.